The molecule has 0 unspecified atom stereocenters. The Kier molecular flexibility index (Phi) is 22.9. The van der Waals surface area contributed by atoms with E-state index in [0.29, 0.717) is 68.7 Å². The van der Waals surface area contributed by atoms with Crippen molar-refractivity contribution in [2.75, 3.05) is 40.8 Å². The number of allylic oxidation sites excluding steroid dienone is 1. The van der Waals surface area contributed by atoms with Crippen LogP contribution in [0.3, 0.4) is 0 Å². The van der Waals surface area contributed by atoms with Crippen LogP contribution in [0.2, 0.25) is 16.6 Å². The normalized spacial score (nSPS) is 20.6. The van der Waals surface area contributed by atoms with Crippen molar-refractivity contribution in [2.45, 2.75) is 149 Å². The Labute approximate surface area is 392 Å². The molecule has 0 amide bonds. The second-order valence-electron chi connectivity index (χ2n) is 19.0. The summed E-state index contributed by atoms with van der Waals surface area (Å²) in [6.07, 6.45) is 4.16. The molecule has 1 aliphatic rings. The van der Waals surface area contributed by atoms with Crippen molar-refractivity contribution in [1.29, 1.82) is 0 Å². The second kappa shape index (κ2) is 27.4. The molecule has 362 valence electrons. The fourth-order valence-electron chi connectivity index (χ4n) is 10.0. The molecule has 0 aromatic heterocycles. The minimum Gasteiger partial charge on any atom is -0.497 e. The van der Waals surface area contributed by atoms with Gasteiger partial charge < -0.3 is 42.7 Å². The van der Waals surface area contributed by atoms with Gasteiger partial charge in [0.15, 0.2) is 14.6 Å². The molecular formula is C54H82O10Si. The van der Waals surface area contributed by atoms with Crippen molar-refractivity contribution >= 4 is 14.3 Å². The van der Waals surface area contributed by atoms with Gasteiger partial charge in [-0.2, -0.15) is 0 Å². The zero-order valence-corrected chi connectivity index (χ0v) is 42.4. The summed E-state index contributed by atoms with van der Waals surface area (Å²) in [6, 6.07) is 27.9. The van der Waals surface area contributed by atoms with Crippen molar-refractivity contribution in [3.8, 4) is 5.75 Å². The zero-order valence-electron chi connectivity index (χ0n) is 41.4. The highest BCUT2D eigenvalue weighted by atomic mass is 28.4. The highest BCUT2D eigenvalue weighted by Crippen LogP contribution is 2.50. The number of unbranched alkanes of at least 4 members (excludes halogenated alkanes) is 1. The van der Waals surface area contributed by atoms with Crippen molar-refractivity contribution in [2.24, 2.45) is 23.2 Å². The molecule has 0 spiro atoms. The molecule has 11 heteroatoms. The number of hydrogen-bond acceptors (Lipinski definition) is 9. The van der Waals surface area contributed by atoms with Gasteiger partial charge in [-0.05, 0) is 83.8 Å². The van der Waals surface area contributed by atoms with E-state index in [1.807, 2.05) is 72.8 Å². The Morgan fingerprint density at radius 3 is 1.98 bits per heavy atom. The average molecular weight is 919 g/mol. The maximum atomic E-state index is 14.5. The minimum atomic E-state index is -2.37. The van der Waals surface area contributed by atoms with Crippen LogP contribution in [0.25, 0.3) is 0 Å². The third kappa shape index (κ3) is 15.1. The first kappa shape index (κ1) is 54.2. The van der Waals surface area contributed by atoms with E-state index in [4.69, 9.17) is 37.6 Å². The van der Waals surface area contributed by atoms with Crippen LogP contribution in [0.1, 0.15) is 117 Å². The van der Waals surface area contributed by atoms with Crippen molar-refractivity contribution in [1.82, 2.24) is 0 Å². The van der Waals surface area contributed by atoms with Crippen LogP contribution in [-0.4, -0.2) is 78.5 Å². The second-order valence-corrected chi connectivity index (χ2v) is 24.5. The molecule has 1 saturated heterocycles. The largest absolute Gasteiger partial charge is 0.497 e. The van der Waals surface area contributed by atoms with Gasteiger partial charge in [0, 0.05) is 31.8 Å². The number of carboxylic acid groups (broad SMARTS) is 1. The molecule has 0 radical (unpaired) electrons. The summed E-state index contributed by atoms with van der Waals surface area (Å²) >= 11 is 0. The molecule has 0 aliphatic carbocycles. The molecule has 10 nitrogen and oxygen atoms in total. The summed E-state index contributed by atoms with van der Waals surface area (Å²) in [4.78, 5) is 14.5. The Hall–Kier alpha value is -3.39. The number of aliphatic carboxylic acids is 1. The average Bonchev–Trinajstić information content (AvgIpc) is 3.30. The predicted molar refractivity (Wildman–Crippen MR) is 261 cm³/mol. The first-order chi connectivity index (χ1) is 31.2. The lowest BCUT2D eigenvalue weighted by molar-refractivity contribution is -0.322. The summed E-state index contributed by atoms with van der Waals surface area (Å²) in [6.45, 7) is 22.2. The van der Waals surface area contributed by atoms with Gasteiger partial charge in [0.2, 0.25) is 0 Å². The Balaban J connectivity index is 1.77. The van der Waals surface area contributed by atoms with E-state index in [0.717, 1.165) is 28.9 Å². The highest BCUT2D eigenvalue weighted by molar-refractivity contribution is 6.77. The van der Waals surface area contributed by atoms with E-state index in [1.54, 1.807) is 14.2 Å². The van der Waals surface area contributed by atoms with Gasteiger partial charge in [-0.15, -0.1) is 0 Å². The third-order valence-electron chi connectivity index (χ3n) is 13.7. The molecular weight excluding hydrogens is 837 g/mol. The predicted octanol–water partition coefficient (Wildman–Crippen LogP) is 12.6. The number of carboxylic acids is 1. The number of hydrogen-bond donors (Lipinski definition) is 1. The summed E-state index contributed by atoms with van der Waals surface area (Å²) in [5.41, 5.74) is 2.77. The lowest BCUT2D eigenvalue weighted by Gasteiger charge is -2.50. The number of ether oxygens (including phenoxy) is 7. The first-order valence-electron chi connectivity index (χ1n) is 24.1. The maximum Gasteiger partial charge on any atom is 0.310 e. The Morgan fingerprint density at radius 1 is 0.785 bits per heavy atom. The van der Waals surface area contributed by atoms with Gasteiger partial charge in [0.25, 0.3) is 0 Å². The Morgan fingerprint density at radius 2 is 1.40 bits per heavy atom. The molecule has 1 aliphatic heterocycles. The van der Waals surface area contributed by atoms with E-state index in [1.165, 1.54) is 0 Å². The van der Waals surface area contributed by atoms with Crippen LogP contribution in [0.15, 0.2) is 97.1 Å². The summed E-state index contributed by atoms with van der Waals surface area (Å²) < 4.78 is 51.3. The smallest absolute Gasteiger partial charge is 0.310 e. The lowest BCUT2D eigenvalue weighted by Crippen LogP contribution is -2.59. The van der Waals surface area contributed by atoms with Gasteiger partial charge in [-0.25, -0.2) is 0 Å². The molecule has 4 rings (SSSR count). The molecule has 1 fully saturated rings. The van der Waals surface area contributed by atoms with E-state index < -0.39 is 50.2 Å². The quantitative estimate of drug-likeness (QED) is 0.0300. The SMILES string of the molecule is CC/C=C/[C@H]([C@@H]1O[C@H](c2ccccc2)O[C@H](CO[Si](C(C)C)(C(C)C)C(C)C)[C@H]1OCOC)[C@@](CCCCOCc1ccc(OC)cc1)(C[C@H](C)[C@@H](C)COCc1ccccc1)C(=O)O. The van der Waals surface area contributed by atoms with Crippen LogP contribution in [0.5, 0.6) is 5.75 Å². The summed E-state index contributed by atoms with van der Waals surface area (Å²) in [5, 5.41) is 11.9. The van der Waals surface area contributed by atoms with E-state index in [-0.39, 0.29) is 25.2 Å². The zero-order chi connectivity index (χ0) is 47.4. The van der Waals surface area contributed by atoms with Crippen molar-refractivity contribution in [3.63, 3.8) is 0 Å². The molecule has 0 saturated carbocycles. The van der Waals surface area contributed by atoms with Gasteiger partial charge in [-0.1, -0.05) is 147 Å². The molecule has 1 N–H and O–H groups in total. The molecule has 1 heterocycles. The van der Waals surface area contributed by atoms with Crippen LogP contribution in [0.4, 0.5) is 0 Å². The van der Waals surface area contributed by atoms with Crippen LogP contribution >= 0.6 is 0 Å². The summed E-state index contributed by atoms with van der Waals surface area (Å²) in [5.74, 6) is -0.644. The monoisotopic (exact) mass is 919 g/mol. The molecule has 0 bridgehead atoms. The molecule has 3 aromatic carbocycles. The first-order valence-corrected chi connectivity index (χ1v) is 26.2. The van der Waals surface area contributed by atoms with Gasteiger partial charge in [0.05, 0.1) is 38.4 Å². The lowest BCUT2D eigenvalue weighted by atomic mass is 9.62. The molecule has 65 heavy (non-hydrogen) atoms. The number of methoxy groups -OCH3 is 2. The fourth-order valence-corrected chi connectivity index (χ4v) is 15.5. The van der Waals surface area contributed by atoms with E-state index >= 15 is 0 Å². The Bertz CT molecular complexity index is 1770. The van der Waals surface area contributed by atoms with Crippen molar-refractivity contribution in [3.05, 3.63) is 114 Å². The molecule has 3 aromatic rings. The van der Waals surface area contributed by atoms with Crippen LogP contribution < -0.4 is 4.74 Å². The van der Waals surface area contributed by atoms with Crippen LogP contribution in [-0.2, 0) is 50.9 Å². The summed E-state index contributed by atoms with van der Waals surface area (Å²) in [7, 11) is 0.887. The maximum absolute atomic E-state index is 14.5. The number of benzene rings is 3. The standard InChI is InChI=1S/C54H82O10Si/c1-12-13-26-48(50-51(61-38-57-10)49(63-52(64-50)46-24-18-15-19-25-46)37-62-65(39(2)3,40(4)5)41(6)7)54(53(55)56,31-20-21-32-59-35-45-27-29-47(58-11)30-28-45)33-42(8)43(9)34-60-36-44-22-16-14-17-23-44/h13-19,22-30,39-43,48-52H,12,20-21,31-38H2,1-11H3,(H,55,56)/b26-13+/t42-,43-,48+,49+,50-,51+,52+,54+/m0/s1. The topological polar surface area (TPSA) is 111 Å². The van der Waals surface area contributed by atoms with Crippen molar-refractivity contribution < 1.29 is 47.5 Å². The molecule has 8 atom stereocenters. The number of carbonyl (C=O) groups is 1. The third-order valence-corrected chi connectivity index (χ3v) is 19.7. The van der Waals surface area contributed by atoms with Gasteiger partial charge >= 0.3 is 5.97 Å². The van der Waals surface area contributed by atoms with Crippen LogP contribution in [0, 0.1) is 23.2 Å². The van der Waals surface area contributed by atoms with Gasteiger partial charge in [0.1, 0.15) is 24.8 Å². The number of rotatable bonds is 30. The fraction of sp³-hybridized carbons (Fsp3) is 0.611. The van der Waals surface area contributed by atoms with E-state index in [2.05, 4.69) is 86.6 Å². The van der Waals surface area contributed by atoms with Gasteiger partial charge in [-0.3, -0.25) is 4.79 Å². The highest BCUT2D eigenvalue weighted by Gasteiger charge is 2.55. The minimum absolute atomic E-state index is 0.0243. The van der Waals surface area contributed by atoms with E-state index in [9.17, 15) is 9.90 Å².